The maximum Gasteiger partial charge on any atom is 0.164 e. The number of nitrogens with zero attached hydrogens (tertiary/aromatic N) is 15. The number of aryl methyl sites for hydroxylation is 13. The number of aliphatic hydroxyl groups is 5. The number of hydrogen-bond acceptors (Lipinski definition) is 28. The van der Waals surface area contributed by atoms with Crippen LogP contribution in [0.5, 0.6) is 0 Å². The normalized spacial score (nSPS) is 29.8. The third kappa shape index (κ3) is 17.1. The minimum atomic E-state index is -1.21. The second-order valence-corrected chi connectivity index (χ2v) is 44.0. The largest absolute Gasteiger partial charge is 0.387 e. The molecule has 5 aliphatic carbocycles. The Balaban J connectivity index is 0.0000000957. The first kappa shape index (κ1) is 96.9. The van der Waals surface area contributed by atoms with Crippen LogP contribution in [-0.2, 0) is 126 Å². The number of ether oxygens (including phenoxy) is 13. The van der Waals surface area contributed by atoms with E-state index in [4.69, 9.17) is 84.8 Å². The van der Waals surface area contributed by atoms with Gasteiger partial charge in [-0.15, -0.1) is 0 Å². The van der Waals surface area contributed by atoms with E-state index in [0.717, 1.165) is 111 Å². The maximum absolute atomic E-state index is 11.3. The predicted molar refractivity (Wildman–Crippen MR) is 540 cm³/mol. The lowest BCUT2D eigenvalue weighted by atomic mass is 9.83. The third-order valence-corrected chi connectivity index (χ3v) is 33.0. The summed E-state index contributed by atoms with van der Waals surface area (Å²) in [6.45, 7) is 25.7. The van der Waals surface area contributed by atoms with Crippen molar-refractivity contribution in [3.05, 3.63) is 295 Å². The fraction of sp³-hybridized carbons (Fsp3) is 0.464. The van der Waals surface area contributed by atoms with Crippen LogP contribution in [0, 0.1) is 20.8 Å². The van der Waals surface area contributed by atoms with Crippen molar-refractivity contribution in [2.24, 2.45) is 0 Å². The molecule has 0 unspecified atom stereocenters. The van der Waals surface area contributed by atoms with Crippen LogP contribution < -0.4 is 0 Å². The van der Waals surface area contributed by atoms with Crippen molar-refractivity contribution in [2.75, 3.05) is 0 Å². The van der Waals surface area contributed by atoms with Crippen LogP contribution in [0.25, 0.3) is 55.2 Å². The zero-order chi connectivity index (χ0) is 101. The molecule has 15 aromatic rings. The van der Waals surface area contributed by atoms with Gasteiger partial charge in [0.25, 0.3) is 0 Å². The number of halogens is 2. The van der Waals surface area contributed by atoms with Crippen molar-refractivity contribution in [3.8, 4) is 0 Å². The Labute approximate surface area is 858 Å². The van der Waals surface area contributed by atoms with E-state index in [-0.39, 0.29) is 73.1 Å². The summed E-state index contributed by atoms with van der Waals surface area (Å²) in [5.41, 5.74) is 25.1. The van der Waals surface area contributed by atoms with Gasteiger partial charge in [-0.2, -0.15) is 0 Å². The molecule has 0 bridgehead atoms. The molecular formula is C112H119Cl2N15O18. The van der Waals surface area contributed by atoms with Crippen molar-refractivity contribution >= 4 is 78.4 Å². The number of aliphatic hydroxyl groups excluding tert-OH is 5. The molecule has 19 heterocycles. The highest BCUT2D eigenvalue weighted by Gasteiger charge is 2.63. The van der Waals surface area contributed by atoms with Crippen molar-refractivity contribution in [1.29, 1.82) is 0 Å². The summed E-state index contributed by atoms with van der Waals surface area (Å²) in [4.78, 5) is 43.0. The van der Waals surface area contributed by atoms with Gasteiger partial charge in [-0.1, -0.05) is 128 Å². The van der Waals surface area contributed by atoms with E-state index in [2.05, 4.69) is 135 Å². The van der Waals surface area contributed by atoms with Crippen LogP contribution in [0.3, 0.4) is 0 Å². The maximum atomic E-state index is 11.3. The highest BCUT2D eigenvalue weighted by Crippen LogP contribution is 2.55. The highest BCUT2D eigenvalue weighted by atomic mass is 35.5. The summed E-state index contributed by atoms with van der Waals surface area (Å²) < 4.78 is 91.8. The molecule has 147 heavy (non-hydrogen) atoms. The number of aromatic nitrogens is 15. The van der Waals surface area contributed by atoms with E-state index in [1.54, 1.807) is 23.4 Å². The van der Waals surface area contributed by atoms with Crippen molar-refractivity contribution < 1.29 is 87.1 Å². The van der Waals surface area contributed by atoms with Crippen LogP contribution in [0.4, 0.5) is 0 Å². The van der Waals surface area contributed by atoms with Gasteiger partial charge in [0.1, 0.15) is 168 Å². The van der Waals surface area contributed by atoms with Gasteiger partial charge < -0.3 is 110 Å². The van der Waals surface area contributed by atoms with Gasteiger partial charge >= 0.3 is 0 Å². The molecule has 9 fully saturated rings. The van der Waals surface area contributed by atoms with Gasteiger partial charge in [0, 0.05) is 59.0 Å². The van der Waals surface area contributed by atoms with Crippen LogP contribution in [0.2, 0.25) is 10.3 Å². The fourth-order valence-electron chi connectivity index (χ4n) is 24.2. The number of rotatable bonds is 15. The lowest BCUT2D eigenvalue weighted by Gasteiger charge is -2.29. The standard InChI is InChI=1S/C24H27N3O3.C23H24ClN3O3.C23H25N3O4.C22H22ClN3O4.C20H21N3O4/c1-13(16-7-5-15-6-8-17(15)11-16)19-20-21(30-24(3,4)29-20)23(28-19)27-10-9-18-14(2)25-12-26-22(18)27;1-12(14-6-4-13-5-7-15(13)10-14)17-18-19(30-23(2,3)29-18)22(28-17)27-9-8-16-20(24)25-11-26-21(16)27;1-12-16-8-9-26(21(16)25-11-24-12)22-20-19(29-23(2,3)30-20)18(28-22)17(27)15-7-5-13-4-6-14(13)10-15;1-22(2)29-17-16(15(27)13-6-4-11-3-5-12(11)9-13)28-21(18(17)30-22)26-8-7-14-19(23)24-10-25-20(14)26;1-10-14-6-7-23(19(14)22-9-21-10)20-17(26)16(25)18(27-20)15(24)13-5-3-11-2-4-12(11)8-13/h5,7,9-13,19-21,23H,6,8H2,1-4H3;4,6,8-12,17-19,22H,5,7H2,1-3H3;5,7-11,17-20,22,27H,4,6H2,1-3H3;4,6-10,15-18,21,27H,3,5H2,1-2H3;3,5-9,15-18,20,24-26H,2,4H2,1H3/t13-,19-,20-,21-,23-;12-,17-,18-,19-,22-;17-,18-,19-,20-,22-;15-,16+,17+,18+,21+;15-,16+,17-,18-,20-/m11101/s1. The Kier molecular flexibility index (Phi) is 24.4. The Hall–Kier alpha value is -10.9. The molecule has 764 valence electrons. The minimum Gasteiger partial charge on any atom is -0.387 e. The Morgan fingerprint density at radius 3 is 0.796 bits per heavy atom. The summed E-state index contributed by atoms with van der Waals surface area (Å²) in [6, 6.07) is 41.5. The molecule has 35 heteroatoms. The number of benzene rings is 5. The third-order valence-electron chi connectivity index (χ3n) is 32.4. The van der Waals surface area contributed by atoms with E-state index in [1.807, 2.05) is 169 Å². The smallest absolute Gasteiger partial charge is 0.164 e. The average molecular weight is 2030 g/mol. The Bertz CT molecular complexity index is 6920. The lowest BCUT2D eigenvalue weighted by Crippen LogP contribution is -2.35. The van der Waals surface area contributed by atoms with Crippen LogP contribution >= 0.6 is 23.2 Å². The molecule has 9 aliphatic heterocycles. The molecule has 0 saturated carbocycles. The molecule has 33 nitrogen and oxygen atoms in total. The summed E-state index contributed by atoms with van der Waals surface area (Å²) in [7, 11) is 0. The number of hydrogen-bond donors (Lipinski definition) is 5. The Morgan fingerprint density at radius 2 is 0.503 bits per heavy atom. The predicted octanol–water partition coefficient (Wildman–Crippen LogP) is 16.0. The monoisotopic (exact) mass is 2030 g/mol. The molecule has 29 rings (SSSR count). The summed E-state index contributed by atoms with van der Waals surface area (Å²) in [6.07, 6.45) is 16.2. The molecular weight excluding hydrogens is 1910 g/mol. The summed E-state index contributed by atoms with van der Waals surface area (Å²) >= 11 is 12.5. The van der Waals surface area contributed by atoms with Gasteiger partial charge in [-0.25, -0.2) is 49.8 Å². The molecule has 5 N–H and O–H groups in total. The molecule has 0 radical (unpaired) electrons. The van der Waals surface area contributed by atoms with Gasteiger partial charge in [0.05, 0.1) is 40.1 Å². The molecule has 5 aromatic carbocycles. The quantitative estimate of drug-likeness (QED) is 0.0595. The Morgan fingerprint density at radius 1 is 0.272 bits per heavy atom. The van der Waals surface area contributed by atoms with E-state index in [9.17, 15) is 25.5 Å². The van der Waals surface area contributed by atoms with Gasteiger partial charge in [0.15, 0.2) is 54.3 Å². The molecule has 25 atom stereocenters. The number of fused-ring (bicyclic) bond motifs is 14. The molecule has 0 spiro atoms. The van der Waals surface area contributed by atoms with Crippen LogP contribution in [0.1, 0.15) is 231 Å². The first-order valence-corrected chi connectivity index (χ1v) is 51.9. The van der Waals surface area contributed by atoms with Gasteiger partial charge in [0.2, 0.25) is 0 Å². The van der Waals surface area contributed by atoms with E-state index >= 15 is 0 Å². The first-order chi connectivity index (χ1) is 70.7. The molecule has 0 amide bonds. The molecule has 10 aromatic heterocycles. The van der Waals surface area contributed by atoms with E-state index in [0.29, 0.717) is 27.2 Å². The highest BCUT2D eigenvalue weighted by molar-refractivity contribution is 6.34. The van der Waals surface area contributed by atoms with Crippen molar-refractivity contribution in [2.45, 2.75) is 330 Å². The summed E-state index contributed by atoms with van der Waals surface area (Å²) in [5.74, 6) is -2.45. The van der Waals surface area contributed by atoms with Crippen molar-refractivity contribution in [3.63, 3.8) is 0 Å². The van der Waals surface area contributed by atoms with E-state index < -0.39 is 103 Å². The average Bonchev–Trinajstić information content (AvgIpc) is 1.59. The van der Waals surface area contributed by atoms with Crippen LogP contribution in [-0.4, -0.2) is 213 Å². The van der Waals surface area contributed by atoms with E-state index in [1.165, 1.54) is 111 Å². The summed E-state index contributed by atoms with van der Waals surface area (Å²) in [5, 5.41) is 59.6. The fourth-order valence-corrected chi connectivity index (χ4v) is 24.5. The SMILES string of the molecule is CC1(C)O[C@H]2[C@@H](O1)[C@H](n1ccc3c(Cl)ncnc31)O[C@@H]2[C@@H](O)c1ccc2c(c1)CC2.C[C@H](c1ccc2c(c1)CC2)[C@H]1O[C@@H](n2ccc3c(Cl)ncnc32)[C@@H]2OC(C)(C)O[C@@H]21.Cc1ncnc2c1ccn2[C@@H]1O[C@H]([C@H](C)c2ccc3c(c2)CC3)[C@H]2OC(C)(C)O[C@H]21.Cc1ncnc2c1ccn2[C@@H]1O[C@H]([C@H](O)c2ccc3c(c2)CC3)[C@@H](O)[C@H]1O.Cc1ncnc2c1ccn2[C@@H]1O[C@H]([C@H](O)c2ccc3c(c2)CC3)[C@H]2OC(C)(C)O[C@H]21. The molecule has 9 saturated heterocycles. The minimum absolute atomic E-state index is 0.0970. The first-order valence-electron chi connectivity index (χ1n) is 51.2. The topological polar surface area (TPSA) is 375 Å². The second-order valence-electron chi connectivity index (χ2n) is 43.3. The second kappa shape index (κ2) is 37.0. The van der Waals surface area contributed by atoms with Crippen LogP contribution in [0.15, 0.2) is 184 Å². The van der Waals surface area contributed by atoms with Gasteiger partial charge in [-0.05, 0) is 254 Å². The molecule has 14 aliphatic rings. The lowest BCUT2D eigenvalue weighted by molar-refractivity contribution is -0.207. The van der Waals surface area contributed by atoms with Crippen molar-refractivity contribution in [1.82, 2.24) is 72.7 Å². The zero-order valence-corrected chi connectivity index (χ0v) is 85.3. The van der Waals surface area contributed by atoms with Gasteiger partial charge in [-0.3, -0.25) is 0 Å². The zero-order valence-electron chi connectivity index (χ0n) is 83.8.